The molecule has 17 heavy (non-hydrogen) atoms. The van der Waals surface area contributed by atoms with Gasteiger partial charge in [-0.2, -0.15) is 0 Å². The summed E-state index contributed by atoms with van der Waals surface area (Å²) in [7, 11) is 1.83. The lowest BCUT2D eigenvalue weighted by Crippen LogP contribution is -2.38. The first kappa shape index (κ1) is 12.8. The number of rotatable bonds is 4. The van der Waals surface area contributed by atoms with Crippen LogP contribution < -0.4 is 0 Å². The average Bonchev–Trinajstić information content (AvgIpc) is 2.90. The maximum Gasteiger partial charge on any atom is 0.225 e. The molecule has 1 heterocycles. The molecule has 1 saturated heterocycles. The van der Waals surface area contributed by atoms with Gasteiger partial charge < -0.3 is 14.7 Å². The fourth-order valence-electron chi connectivity index (χ4n) is 2.84. The lowest BCUT2D eigenvalue weighted by atomic mass is 9.97. The zero-order chi connectivity index (χ0) is 12.3. The molecule has 2 aliphatic rings. The number of nitrogens with zero attached hydrogens (tertiary/aromatic N) is 1. The van der Waals surface area contributed by atoms with Crippen molar-refractivity contribution in [1.29, 1.82) is 0 Å². The summed E-state index contributed by atoms with van der Waals surface area (Å²) in [5.41, 5.74) is -0.725. The summed E-state index contributed by atoms with van der Waals surface area (Å²) in [5, 5.41) is 10.2. The third kappa shape index (κ3) is 3.42. The smallest absolute Gasteiger partial charge is 0.225 e. The first-order valence-electron chi connectivity index (χ1n) is 6.63. The second-order valence-corrected chi connectivity index (χ2v) is 5.61. The van der Waals surface area contributed by atoms with Crippen molar-refractivity contribution < 1.29 is 14.6 Å². The number of amides is 1. The van der Waals surface area contributed by atoms with Gasteiger partial charge in [0, 0.05) is 26.1 Å². The highest BCUT2D eigenvalue weighted by atomic mass is 16.5. The SMILES string of the molecule is CN(CC1CCOC1)C(=O)CC1(O)CCCC1. The highest BCUT2D eigenvalue weighted by molar-refractivity contribution is 5.77. The zero-order valence-electron chi connectivity index (χ0n) is 10.7. The molecular weight excluding hydrogens is 218 g/mol. The molecule has 2 fully saturated rings. The van der Waals surface area contributed by atoms with E-state index in [-0.39, 0.29) is 12.3 Å². The Morgan fingerprint density at radius 1 is 1.47 bits per heavy atom. The van der Waals surface area contributed by atoms with Crippen LogP contribution in [0.1, 0.15) is 38.5 Å². The van der Waals surface area contributed by atoms with E-state index in [0.717, 1.165) is 51.9 Å². The van der Waals surface area contributed by atoms with E-state index in [1.165, 1.54) is 0 Å². The number of carbonyl (C=O) groups is 1. The van der Waals surface area contributed by atoms with Crippen LogP contribution in [0, 0.1) is 5.92 Å². The summed E-state index contributed by atoms with van der Waals surface area (Å²) in [6, 6.07) is 0. The van der Waals surface area contributed by atoms with Crippen molar-refractivity contribution in [2.75, 3.05) is 26.8 Å². The molecule has 0 bridgehead atoms. The highest BCUT2D eigenvalue weighted by Crippen LogP contribution is 2.32. The van der Waals surface area contributed by atoms with E-state index in [0.29, 0.717) is 5.92 Å². The van der Waals surface area contributed by atoms with E-state index in [4.69, 9.17) is 4.74 Å². The molecule has 0 aromatic rings. The minimum absolute atomic E-state index is 0.0706. The Kier molecular flexibility index (Phi) is 4.05. The van der Waals surface area contributed by atoms with Crippen LogP contribution >= 0.6 is 0 Å². The van der Waals surface area contributed by atoms with Crippen molar-refractivity contribution in [3.05, 3.63) is 0 Å². The second-order valence-electron chi connectivity index (χ2n) is 5.61. The third-order valence-electron chi connectivity index (χ3n) is 4.00. The molecule has 4 heteroatoms. The number of aliphatic hydroxyl groups is 1. The van der Waals surface area contributed by atoms with Crippen LogP contribution in [0.15, 0.2) is 0 Å². The van der Waals surface area contributed by atoms with E-state index in [1.807, 2.05) is 7.05 Å². The first-order chi connectivity index (χ1) is 8.09. The zero-order valence-corrected chi connectivity index (χ0v) is 10.7. The maximum absolute atomic E-state index is 12.0. The van der Waals surface area contributed by atoms with Gasteiger partial charge in [-0.1, -0.05) is 12.8 Å². The number of hydrogen-bond donors (Lipinski definition) is 1. The van der Waals surface area contributed by atoms with Crippen molar-refractivity contribution in [2.24, 2.45) is 5.92 Å². The lowest BCUT2D eigenvalue weighted by molar-refractivity contribution is -0.135. The van der Waals surface area contributed by atoms with Crippen molar-refractivity contribution in [3.63, 3.8) is 0 Å². The van der Waals surface area contributed by atoms with Crippen LogP contribution in [0.2, 0.25) is 0 Å². The minimum atomic E-state index is -0.725. The molecule has 1 saturated carbocycles. The van der Waals surface area contributed by atoms with E-state index < -0.39 is 5.60 Å². The molecule has 1 N–H and O–H groups in total. The van der Waals surface area contributed by atoms with E-state index in [9.17, 15) is 9.90 Å². The Balaban J connectivity index is 1.78. The molecule has 0 aromatic carbocycles. The molecule has 0 spiro atoms. The van der Waals surface area contributed by atoms with Gasteiger partial charge in [-0.25, -0.2) is 0 Å². The Hall–Kier alpha value is -0.610. The van der Waals surface area contributed by atoms with Crippen molar-refractivity contribution in [3.8, 4) is 0 Å². The normalized spacial score (nSPS) is 27.3. The Bertz CT molecular complexity index is 268. The highest BCUT2D eigenvalue weighted by Gasteiger charge is 2.34. The molecule has 0 radical (unpaired) electrons. The summed E-state index contributed by atoms with van der Waals surface area (Å²) >= 11 is 0. The van der Waals surface area contributed by atoms with Crippen LogP contribution in [0.25, 0.3) is 0 Å². The van der Waals surface area contributed by atoms with Crippen molar-refractivity contribution in [1.82, 2.24) is 4.90 Å². The van der Waals surface area contributed by atoms with Gasteiger partial charge in [-0.3, -0.25) is 4.79 Å². The second kappa shape index (κ2) is 5.36. The predicted octanol–water partition coefficient (Wildman–Crippen LogP) is 1.18. The van der Waals surface area contributed by atoms with Crippen LogP contribution in [0.5, 0.6) is 0 Å². The summed E-state index contributed by atoms with van der Waals surface area (Å²) in [6.45, 7) is 2.34. The molecular formula is C13H23NO3. The fraction of sp³-hybridized carbons (Fsp3) is 0.923. The molecule has 1 unspecified atom stereocenters. The van der Waals surface area contributed by atoms with Crippen LogP contribution in [0.3, 0.4) is 0 Å². The molecule has 1 atom stereocenters. The van der Waals surface area contributed by atoms with Crippen LogP contribution in [-0.2, 0) is 9.53 Å². The van der Waals surface area contributed by atoms with Crippen molar-refractivity contribution in [2.45, 2.75) is 44.1 Å². The third-order valence-corrected chi connectivity index (χ3v) is 4.00. The van der Waals surface area contributed by atoms with Gasteiger partial charge in [0.25, 0.3) is 0 Å². The van der Waals surface area contributed by atoms with Gasteiger partial charge in [0.15, 0.2) is 0 Å². The number of hydrogen-bond acceptors (Lipinski definition) is 3. The molecule has 0 aromatic heterocycles. The molecule has 98 valence electrons. The molecule has 1 amide bonds. The number of carbonyl (C=O) groups excluding carboxylic acids is 1. The monoisotopic (exact) mass is 241 g/mol. The number of ether oxygens (including phenoxy) is 1. The molecule has 1 aliphatic heterocycles. The summed E-state index contributed by atoms with van der Waals surface area (Å²) in [5.74, 6) is 0.545. The molecule has 4 nitrogen and oxygen atoms in total. The Labute approximate surface area is 103 Å². The lowest BCUT2D eigenvalue weighted by Gasteiger charge is -2.26. The minimum Gasteiger partial charge on any atom is -0.389 e. The Morgan fingerprint density at radius 3 is 2.76 bits per heavy atom. The average molecular weight is 241 g/mol. The van der Waals surface area contributed by atoms with E-state index >= 15 is 0 Å². The molecule has 2 rings (SSSR count). The van der Waals surface area contributed by atoms with Gasteiger partial charge in [0.2, 0.25) is 5.91 Å². The van der Waals surface area contributed by atoms with E-state index in [1.54, 1.807) is 4.90 Å². The quantitative estimate of drug-likeness (QED) is 0.804. The van der Waals surface area contributed by atoms with Crippen LogP contribution in [0.4, 0.5) is 0 Å². The predicted molar refractivity (Wildman–Crippen MR) is 64.6 cm³/mol. The Morgan fingerprint density at radius 2 is 2.18 bits per heavy atom. The summed E-state index contributed by atoms with van der Waals surface area (Å²) in [4.78, 5) is 13.8. The topological polar surface area (TPSA) is 49.8 Å². The first-order valence-corrected chi connectivity index (χ1v) is 6.63. The largest absolute Gasteiger partial charge is 0.389 e. The van der Waals surface area contributed by atoms with Gasteiger partial charge in [-0.05, 0) is 19.3 Å². The van der Waals surface area contributed by atoms with Gasteiger partial charge in [0.05, 0.1) is 18.6 Å². The molecule has 1 aliphatic carbocycles. The van der Waals surface area contributed by atoms with Gasteiger partial charge in [-0.15, -0.1) is 0 Å². The van der Waals surface area contributed by atoms with Gasteiger partial charge in [0.1, 0.15) is 0 Å². The maximum atomic E-state index is 12.0. The fourth-order valence-corrected chi connectivity index (χ4v) is 2.84. The van der Waals surface area contributed by atoms with Crippen LogP contribution in [-0.4, -0.2) is 48.3 Å². The van der Waals surface area contributed by atoms with Gasteiger partial charge >= 0.3 is 0 Å². The summed E-state index contributed by atoms with van der Waals surface area (Å²) in [6.07, 6.45) is 4.98. The van der Waals surface area contributed by atoms with E-state index in [2.05, 4.69) is 0 Å². The van der Waals surface area contributed by atoms with Crippen molar-refractivity contribution >= 4 is 5.91 Å². The summed E-state index contributed by atoms with van der Waals surface area (Å²) < 4.78 is 5.30. The standard InChI is InChI=1S/C13H23NO3/c1-14(9-11-4-7-17-10-11)12(15)8-13(16)5-2-3-6-13/h11,16H,2-10H2,1H3.